The van der Waals surface area contributed by atoms with E-state index in [1.165, 1.54) is 12.8 Å². The average Bonchev–Trinajstić information content (AvgIpc) is 2.33. The second-order valence-corrected chi connectivity index (χ2v) is 6.32. The van der Waals surface area contributed by atoms with E-state index in [0.717, 1.165) is 38.8 Å². The van der Waals surface area contributed by atoms with Crippen molar-refractivity contribution in [3.8, 4) is 0 Å². The fourth-order valence-electron chi connectivity index (χ4n) is 2.81. The van der Waals surface area contributed by atoms with E-state index in [9.17, 15) is 4.79 Å². The quantitative estimate of drug-likeness (QED) is 0.752. The van der Waals surface area contributed by atoms with Gasteiger partial charge in [0.1, 0.15) is 6.10 Å². The molecule has 98 valence electrons. The summed E-state index contributed by atoms with van der Waals surface area (Å²) in [6.07, 6.45) is 6.51. The predicted molar refractivity (Wildman–Crippen MR) is 67.7 cm³/mol. The summed E-state index contributed by atoms with van der Waals surface area (Å²) in [7, 11) is 0. The lowest BCUT2D eigenvalue weighted by Gasteiger charge is -2.34. The Bertz CT molecular complexity index is 259. The van der Waals surface area contributed by atoms with E-state index in [1.54, 1.807) is 0 Å². The number of carbonyl (C=O) groups excluding carboxylic acids is 1. The maximum Gasteiger partial charge on any atom is 0.309 e. The van der Waals surface area contributed by atoms with E-state index in [0.29, 0.717) is 5.41 Å². The summed E-state index contributed by atoms with van der Waals surface area (Å²) >= 11 is 0. The highest BCUT2D eigenvalue weighted by atomic mass is 16.5. The number of rotatable bonds is 2. The van der Waals surface area contributed by atoms with Gasteiger partial charge in [-0.1, -0.05) is 13.8 Å². The van der Waals surface area contributed by atoms with Crippen molar-refractivity contribution in [3.63, 3.8) is 0 Å². The van der Waals surface area contributed by atoms with Gasteiger partial charge in [0.15, 0.2) is 0 Å². The number of piperidine rings is 1. The van der Waals surface area contributed by atoms with E-state index in [4.69, 9.17) is 4.74 Å². The first-order valence-corrected chi connectivity index (χ1v) is 6.98. The van der Waals surface area contributed by atoms with Crippen LogP contribution in [0.5, 0.6) is 0 Å². The van der Waals surface area contributed by atoms with Gasteiger partial charge in [-0.25, -0.2) is 0 Å². The summed E-state index contributed by atoms with van der Waals surface area (Å²) in [5, 5.41) is 3.28. The standard InChI is InChI=1S/C14H25NO2/c1-14(2)7-3-12(4-8-14)17-13(16)11-5-9-15-10-6-11/h11-12,15H,3-10H2,1-2H3. The molecule has 0 aromatic carbocycles. The molecule has 17 heavy (non-hydrogen) atoms. The Morgan fingerprint density at radius 1 is 1.12 bits per heavy atom. The van der Waals surface area contributed by atoms with Crippen LogP contribution in [0.3, 0.4) is 0 Å². The molecule has 3 nitrogen and oxygen atoms in total. The molecule has 0 atom stereocenters. The zero-order valence-corrected chi connectivity index (χ0v) is 11.1. The van der Waals surface area contributed by atoms with Gasteiger partial charge in [-0.2, -0.15) is 0 Å². The fourth-order valence-corrected chi connectivity index (χ4v) is 2.81. The Balaban J connectivity index is 1.75. The maximum absolute atomic E-state index is 12.0. The normalized spacial score (nSPS) is 26.7. The van der Waals surface area contributed by atoms with Crippen LogP contribution in [-0.2, 0) is 9.53 Å². The number of hydrogen-bond donors (Lipinski definition) is 1. The van der Waals surface area contributed by atoms with Gasteiger partial charge in [0, 0.05) is 0 Å². The van der Waals surface area contributed by atoms with Crippen molar-refractivity contribution in [2.75, 3.05) is 13.1 Å². The summed E-state index contributed by atoms with van der Waals surface area (Å²) in [4.78, 5) is 12.0. The van der Waals surface area contributed by atoms with Crippen LogP contribution >= 0.6 is 0 Å². The molecular weight excluding hydrogens is 214 g/mol. The van der Waals surface area contributed by atoms with E-state index in [1.807, 2.05) is 0 Å². The molecule has 1 saturated heterocycles. The van der Waals surface area contributed by atoms with Gasteiger partial charge >= 0.3 is 5.97 Å². The van der Waals surface area contributed by atoms with E-state index >= 15 is 0 Å². The van der Waals surface area contributed by atoms with Crippen molar-refractivity contribution in [1.29, 1.82) is 0 Å². The SMILES string of the molecule is CC1(C)CCC(OC(=O)C2CCNCC2)CC1. The van der Waals surface area contributed by atoms with Crippen LogP contribution < -0.4 is 5.32 Å². The van der Waals surface area contributed by atoms with Crippen molar-refractivity contribution >= 4 is 5.97 Å². The highest BCUT2D eigenvalue weighted by molar-refractivity contribution is 5.72. The van der Waals surface area contributed by atoms with Gasteiger partial charge in [0.2, 0.25) is 0 Å². The number of ether oxygens (including phenoxy) is 1. The zero-order chi connectivity index (χ0) is 12.3. The summed E-state index contributed by atoms with van der Waals surface area (Å²) in [6, 6.07) is 0. The predicted octanol–water partition coefficient (Wildman–Crippen LogP) is 2.50. The lowest BCUT2D eigenvalue weighted by molar-refractivity contribution is -0.157. The summed E-state index contributed by atoms with van der Waals surface area (Å²) < 4.78 is 5.66. The molecule has 2 rings (SSSR count). The highest BCUT2D eigenvalue weighted by Gasteiger charge is 2.31. The molecule has 1 N–H and O–H groups in total. The third-order valence-electron chi connectivity index (χ3n) is 4.24. The summed E-state index contributed by atoms with van der Waals surface area (Å²) in [5.41, 5.74) is 0.442. The van der Waals surface area contributed by atoms with Crippen molar-refractivity contribution in [3.05, 3.63) is 0 Å². The third-order valence-corrected chi connectivity index (χ3v) is 4.24. The van der Waals surface area contributed by atoms with E-state index in [2.05, 4.69) is 19.2 Å². The Kier molecular flexibility index (Phi) is 4.08. The molecular formula is C14H25NO2. The van der Waals surface area contributed by atoms with Crippen LogP contribution in [0.2, 0.25) is 0 Å². The molecule has 2 fully saturated rings. The second kappa shape index (κ2) is 5.38. The molecule has 1 heterocycles. The first-order valence-electron chi connectivity index (χ1n) is 6.98. The number of carbonyl (C=O) groups is 1. The van der Waals surface area contributed by atoms with Crippen LogP contribution in [0.1, 0.15) is 52.4 Å². The molecule has 0 spiro atoms. The van der Waals surface area contributed by atoms with E-state index in [-0.39, 0.29) is 18.0 Å². The monoisotopic (exact) mass is 239 g/mol. The molecule has 1 aliphatic carbocycles. The van der Waals surface area contributed by atoms with Gasteiger partial charge in [0.25, 0.3) is 0 Å². The van der Waals surface area contributed by atoms with Crippen LogP contribution in [0.15, 0.2) is 0 Å². The minimum Gasteiger partial charge on any atom is -0.462 e. The average molecular weight is 239 g/mol. The lowest BCUT2D eigenvalue weighted by atomic mass is 9.76. The third kappa shape index (κ3) is 3.70. The molecule has 3 heteroatoms. The zero-order valence-electron chi connectivity index (χ0n) is 11.1. The number of hydrogen-bond acceptors (Lipinski definition) is 3. The van der Waals surface area contributed by atoms with Crippen LogP contribution in [0, 0.1) is 11.3 Å². The Labute approximate surface area is 104 Å². The molecule has 0 bridgehead atoms. The maximum atomic E-state index is 12.0. The molecule has 1 saturated carbocycles. The lowest BCUT2D eigenvalue weighted by Crippen LogP contribution is -2.35. The van der Waals surface area contributed by atoms with Gasteiger partial charge < -0.3 is 10.1 Å². The van der Waals surface area contributed by atoms with Crippen molar-refractivity contribution < 1.29 is 9.53 Å². The number of nitrogens with one attached hydrogen (secondary N) is 1. The first-order chi connectivity index (χ1) is 8.07. The molecule has 0 aromatic rings. The van der Waals surface area contributed by atoms with Crippen LogP contribution in [0.4, 0.5) is 0 Å². The number of esters is 1. The molecule has 0 amide bonds. The Morgan fingerprint density at radius 3 is 2.29 bits per heavy atom. The van der Waals surface area contributed by atoms with E-state index < -0.39 is 0 Å². The molecule has 0 aromatic heterocycles. The minimum absolute atomic E-state index is 0.0520. The molecule has 1 aliphatic heterocycles. The van der Waals surface area contributed by atoms with Gasteiger partial charge in [-0.05, 0) is 57.0 Å². The second-order valence-electron chi connectivity index (χ2n) is 6.32. The Morgan fingerprint density at radius 2 is 1.71 bits per heavy atom. The fraction of sp³-hybridized carbons (Fsp3) is 0.929. The van der Waals surface area contributed by atoms with Gasteiger partial charge in [0.05, 0.1) is 5.92 Å². The molecule has 0 unspecified atom stereocenters. The van der Waals surface area contributed by atoms with Crippen LogP contribution in [-0.4, -0.2) is 25.2 Å². The summed E-state index contributed by atoms with van der Waals surface area (Å²) in [5.74, 6) is 0.197. The Hall–Kier alpha value is -0.570. The topological polar surface area (TPSA) is 38.3 Å². The summed E-state index contributed by atoms with van der Waals surface area (Å²) in [6.45, 7) is 6.52. The van der Waals surface area contributed by atoms with Gasteiger partial charge in [-0.3, -0.25) is 4.79 Å². The first kappa shape index (κ1) is 12.9. The van der Waals surface area contributed by atoms with Crippen molar-refractivity contribution in [2.45, 2.75) is 58.5 Å². The van der Waals surface area contributed by atoms with Crippen molar-refractivity contribution in [1.82, 2.24) is 5.32 Å². The van der Waals surface area contributed by atoms with Gasteiger partial charge in [-0.15, -0.1) is 0 Å². The highest BCUT2D eigenvalue weighted by Crippen LogP contribution is 2.36. The smallest absolute Gasteiger partial charge is 0.309 e. The van der Waals surface area contributed by atoms with Crippen LogP contribution in [0.25, 0.3) is 0 Å². The minimum atomic E-state index is 0.0520. The largest absolute Gasteiger partial charge is 0.462 e. The van der Waals surface area contributed by atoms with Crippen molar-refractivity contribution in [2.24, 2.45) is 11.3 Å². The molecule has 0 radical (unpaired) electrons. The molecule has 2 aliphatic rings.